The predicted molar refractivity (Wildman–Crippen MR) is 67.5 cm³/mol. The Labute approximate surface area is 108 Å². The monoisotopic (exact) mass is 263 g/mol. The van der Waals surface area contributed by atoms with Gasteiger partial charge in [-0.2, -0.15) is 0 Å². The molecular formula is C12H13N3O4. The summed E-state index contributed by atoms with van der Waals surface area (Å²) in [6, 6.07) is 4.40. The van der Waals surface area contributed by atoms with Gasteiger partial charge in [0.1, 0.15) is 0 Å². The number of carbonyl (C=O) groups excluding carboxylic acids is 2. The number of amides is 2. The zero-order valence-electron chi connectivity index (χ0n) is 10.00. The summed E-state index contributed by atoms with van der Waals surface area (Å²) >= 11 is 0. The number of nitrogen functional groups attached to an aromatic ring is 1. The Balaban J connectivity index is 2.38. The second-order valence-corrected chi connectivity index (χ2v) is 4.35. The highest BCUT2D eigenvalue weighted by Gasteiger charge is 2.35. The average molecular weight is 263 g/mol. The number of aromatic carboxylic acids is 1. The molecule has 1 aliphatic heterocycles. The van der Waals surface area contributed by atoms with Crippen LogP contribution in [0.5, 0.6) is 0 Å². The summed E-state index contributed by atoms with van der Waals surface area (Å²) in [5, 5.41) is 8.98. The maximum absolute atomic E-state index is 11.8. The number of benzene rings is 1. The fourth-order valence-electron chi connectivity index (χ4n) is 2.11. The highest BCUT2D eigenvalue weighted by Crippen LogP contribution is 2.31. The normalized spacial score (nSPS) is 18.6. The van der Waals surface area contributed by atoms with E-state index in [2.05, 4.69) is 0 Å². The summed E-state index contributed by atoms with van der Waals surface area (Å²) < 4.78 is 0. The Hall–Kier alpha value is -2.57. The van der Waals surface area contributed by atoms with E-state index in [1.54, 1.807) is 6.07 Å². The van der Waals surface area contributed by atoms with Gasteiger partial charge in [-0.05, 0) is 12.1 Å². The van der Waals surface area contributed by atoms with Crippen molar-refractivity contribution in [1.82, 2.24) is 0 Å². The molecule has 0 radical (unpaired) electrons. The largest absolute Gasteiger partial charge is 0.478 e. The van der Waals surface area contributed by atoms with Crippen LogP contribution >= 0.6 is 0 Å². The lowest BCUT2D eigenvalue weighted by molar-refractivity contribution is -0.123. The molecule has 7 nitrogen and oxygen atoms in total. The molecule has 2 amide bonds. The number of hydrogen-bond acceptors (Lipinski definition) is 4. The van der Waals surface area contributed by atoms with E-state index in [9.17, 15) is 14.4 Å². The van der Waals surface area contributed by atoms with Gasteiger partial charge in [0.15, 0.2) is 0 Å². The lowest BCUT2D eigenvalue weighted by Crippen LogP contribution is -2.29. The second kappa shape index (κ2) is 4.60. The summed E-state index contributed by atoms with van der Waals surface area (Å²) in [6.45, 7) is 0.126. The van der Waals surface area contributed by atoms with Crippen LogP contribution in [0.3, 0.4) is 0 Å². The van der Waals surface area contributed by atoms with E-state index in [0.717, 1.165) is 0 Å². The number of rotatable bonds is 3. The van der Waals surface area contributed by atoms with Gasteiger partial charge in [-0.25, -0.2) is 4.79 Å². The fraction of sp³-hybridized carbons (Fsp3) is 0.250. The molecule has 2 rings (SSSR count). The van der Waals surface area contributed by atoms with Crippen molar-refractivity contribution in [3.8, 4) is 0 Å². The fourth-order valence-corrected chi connectivity index (χ4v) is 2.11. The summed E-state index contributed by atoms with van der Waals surface area (Å²) in [4.78, 5) is 35.2. The Morgan fingerprint density at radius 3 is 2.58 bits per heavy atom. The van der Waals surface area contributed by atoms with Crippen LogP contribution in [-0.2, 0) is 9.59 Å². The molecule has 5 N–H and O–H groups in total. The van der Waals surface area contributed by atoms with Crippen molar-refractivity contribution < 1.29 is 19.5 Å². The number of hydrogen-bond donors (Lipinski definition) is 3. The van der Waals surface area contributed by atoms with Gasteiger partial charge in [-0.1, -0.05) is 6.07 Å². The predicted octanol–water partition coefficient (Wildman–Crippen LogP) is -0.195. The molecule has 1 aromatic carbocycles. The van der Waals surface area contributed by atoms with Crippen molar-refractivity contribution in [2.24, 2.45) is 11.7 Å². The van der Waals surface area contributed by atoms with Crippen LogP contribution in [0.1, 0.15) is 16.8 Å². The minimum absolute atomic E-state index is 0.00784. The number of carboxylic acids is 1. The first-order chi connectivity index (χ1) is 8.91. The zero-order chi connectivity index (χ0) is 14.2. The van der Waals surface area contributed by atoms with Gasteiger partial charge in [0.2, 0.25) is 11.8 Å². The van der Waals surface area contributed by atoms with E-state index in [-0.39, 0.29) is 30.1 Å². The number of carbonyl (C=O) groups is 3. The van der Waals surface area contributed by atoms with E-state index < -0.39 is 17.8 Å². The molecule has 19 heavy (non-hydrogen) atoms. The first kappa shape index (κ1) is 12.9. The zero-order valence-corrected chi connectivity index (χ0v) is 10.00. The van der Waals surface area contributed by atoms with Crippen molar-refractivity contribution in [1.29, 1.82) is 0 Å². The standard InChI is InChI=1S/C12H13N3O4/c13-10-7(12(18)19)2-1-3-8(10)15-5-6(11(14)17)4-9(15)16/h1-3,6H,4-5,13H2,(H2,14,17)(H,18,19). The van der Waals surface area contributed by atoms with Gasteiger partial charge >= 0.3 is 5.97 Å². The van der Waals surface area contributed by atoms with Crippen molar-refractivity contribution in [2.45, 2.75) is 6.42 Å². The van der Waals surface area contributed by atoms with Crippen molar-refractivity contribution in [3.05, 3.63) is 23.8 Å². The smallest absolute Gasteiger partial charge is 0.337 e. The van der Waals surface area contributed by atoms with Gasteiger partial charge < -0.3 is 21.5 Å². The van der Waals surface area contributed by atoms with Crippen LogP contribution in [0.15, 0.2) is 18.2 Å². The van der Waals surface area contributed by atoms with E-state index in [0.29, 0.717) is 5.69 Å². The van der Waals surface area contributed by atoms with E-state index in [1.165, 1.54) is 17.0 Å². The molecule has 1 heterocycles. The molecule has 1 atom stereocenters. The van der Waals surface area contributed by atoms with Crippen LogP contribution < -0.4 is 16.4 Å². The molecule has 1 unspecified atom stereocenters. The minimum Gasteiger partial charge on any atom is -0.478 e. The first-order valence-corrected chi connectivity index (χ1v) is 5.63. The van der Waals surface area contributed by atoms with Crippen molar-refractivity contribution in [2.75, 3.05) is 17.2 Å². The molecule has 0 spiro atoms. The summed E-state index contributed by atoms with van der Waals surface area (Å²) in [5.74, 6) is -2.58. The molecular weight excluding hydrogens is 250 g/mol. The van der Waals surface area contributed by atoms with Gasteiger partial charge in [-0.15, -0.1) is 0 Å². The van der Waals surface area contributed by atoms with Gasteiger partial charge in [0, 0.05) is 13.0 Å². The third kappa shape index (κ3) is 2.22. The average Bonchev–Trinajstić information content (AvgIpc) is 2.71. The van der Waals surface area contributed by atoms with Crippen LogP contribution in [-0.4, -0.2) is 29.4 Å². The van der Waals surface area contributed by atoms with E-state index in [1.807, 2.05) is 0 Å². The third-order valence-corrected chi connectivity index (χ3v) is 3.13. The Morgan fingerprint density at radius 2 is 2.05 bits per heavy atom. The number of anilines is 2. The Morgan fingerprint density at radius 1 is 1.37 bits per heavy atom. The number of carboxylic acid groups (broad SMARTS) is 1. The molecule has 0 aliphatic carbocycles. The molecule has 1 saturated heterocycles. The van der Waals surface area contributed by atoms with Crippen molar-refractivity contribution in [3.63, 3.8) is 0 Å². The first-order valence-electron chi connectivity index (χ1n) is 5.63. The lowest BCUT2D eigenvalue weighted by Gasteiger charge is -2.19. The SMILES string of the molecule is NC(=O)C1CC(=O)N(c2cccc(C(=O)O)c2N)C1. The Bertz CT molecular complexity index is 570. The number of primary amides is 1. The molecule has 0 bridgehead atoms. The molecule has 100 valence electrons. The van der Waals surface area contributed by atoms with Crippen LogP contribution in [0.4, 0.5) is 11.4 Å². The van der Waals surface area contributed by atoms with Gasteiger partial charge in [0.05, 0.1) is 22.9 Å². The van der Waals surface area contributed by atoms with E-state index >= 15 is 0 Å². The number of nitrogens with two attached hydrogens (primary N) is 2. The quantitative estimate of drug-likeness (QED) is 0.651. The highest BCUT2D eigenvalue weighted by molar-refractivity contribution is 6.05. The maximum Gasteiger partial charge on any atom is 0.337 e. The van der Waals surface area contributed by atoms with Gasteiger partial charge in [-0.3, -0.25) is 9.59 Å². The number of nitrogens with zero attached hydrogens (tertiary/aromatic N) is 1. The highest BCUT2D eigenvalue weighted by atomic mass is 16.4. The summed E-state index contributed by atoms with van der Waals surface area (Å²) in [5.41, 5.74) is 11.2. The second-order valence-electron chi connectivity index (χ2n) is 4.35. The lowest BCUT2D eigenvalue weighted by atomic mass is 10.1. The molecule has 7 heteroatoms. The van der Waals surface area contributed by atoms with E-state index in [4.69, 9.17) is 16.6 Å². The number of para-hydroxylation sites is 1. The van der Waals surface area contributed by atoms with Gasteiger partial charge in [0.25, 0.3) is 0 Å². The summed E-state index contributed by atoms with van der Waals surface area (Å²) in [7, 11) is 0. The molecule has 0 aromatic heterocycles. The summed E-state index contributed by atoms with van der Waals surface area (Å²) in [6.07, 6.45) is 0.0199. The maximum atomic E-state index is 11.8. The molecule has 1 aromatic rings. The molecule has 1 aliphatic rings. The van der Waals surface area contributed by atoms with Crippen LogP contribution in [0.25, 0.3) is 0 Å². The minimum atomic E-state index is -1.17. The van der Waals surface area contributed by atoms with Crippen LogP contribution in [0, 0.1) is 5.92 Å². The molecule has 1 fully saturated rings. The van der Waals surface area contributed by atoms with Crippen molar-refractivity contribution >= 4 is 29.2 Å². The Kier molecular flexibility index (Phi) is 3.12. The molecule has 0 saturated carbocycles. The third-order valence-electron chi connectivity index (χ3n) is 3.13. The topological polar surface area (TPSA) is 127 Å². The van der Waals surface area contributed by atoms with Crippen LogP contribution in [0.2, 0.25) is 0 Å².